The van der Waals surface area contributed by atoms with Crippen LogP contribution in [0.25, 0.3) is 0 Å². The first-order valence-electron chi connectivity index (χ1n) is 10.5. The van der Waals surface area contributed by atoms with Crippen LogP contribution < -0.4 is 0 Å². The highest BCUT2D eigenvalue weighted by atomic mass is 16.3. The molecule has 1 aliphatic carbocycles. The van der Waals surface area contributed by atoms with Gasteiger partial charge in [-0.2, -0.15) is 0 Å². The maximum absolute atomic E-state index is 12.6. The van der Waals surface area contributed by atoms with Gasteiger partial charge in [0.25, 0.3) is 0 Å². The molecule has 2 saturated heterocycles. The molecular formula is C19H32N6O2. The molecule has 1 spiro atoms. The second-order valence-corrected chi connectivity index (χ2v) is 8.63. The fraction of sp³-hybridized carbons (Fsp3) is 0.895. The number of likely N-dealkylation sites (tertiary alicyclic amines) is 2. The summed E-state index contributed by atoms with van der Waals surface area (Å²) in [6.45, 7) is 4.51. The maximum atomic E-state index is 12.6. The molecule has 1 saturated carbocycles. The summed E-state index contributed by atoms with van der Waals surface area (Å²) >= 11 is 0. The molecule has 0 unspecified atom stereocenters. The van der Waals surface area contributed by atoms with Gasteiger partial charge < -0.3 is 14.9 Å². The number of amides is 1. The number of hydrogen-bond donors (Lipinski definition) is 1. The molecule has 0 radical (unpaired) electrons. The Morgan fingerprint density at radius 1 is 1.15 bits per heavy atom. The molecule has 1 aromatic heterocycles. The Kier molecular flexibility index (Phi) is 5.73. The van der Waals surface area contributed by atoms with Crippen LogP contribution in [0.3, 0.4) is 0 Å². The molecule has 4 rings (SSSR count). The number of aliphatic hydroxyl groups excluding tert-OH is 1. The van der Waals surface area contributed by atoms with E-state index in [0.29, 0.717) is 19.5 Å². The van der Waals surface area contributed by atoms with Crippen molar-refractivity contribution in [2.24, 2.45) is 11.3 Å². The first-order valence-corrected chi connectivity index (χ1v) is 10.5. The van der Waals surface area contributed by atoms with Crippen molar-refractivity contribution in [2.75, 3.05) is 32.8 Å². The van der Waals surface area contributed by atoms with Crippen molar-refractivity contribution in [3.05, 3.63) is 6.33 Å². The minimum absolute atomic E-state index is 0.141. The Morgan fingerprint density at radius 2 is 1.89 bits per heavy atom. The molecule has 1 aromatic rings. The largest absolute Gasteiger partial charge is 0.396 e. The van der Waals surface area contributed by atoms with Gasteiger partial charge in [0.1, 0.15) is 6.33 Å². The summed E-state index contributed by atoms with van der Waals surface area (Å²) in [5.74, 6) is 0.344. The minimum Gasteiger partial charge on any atom is -0.396 e. The molecular weight excluding hydrogens is 344 g/mol. The van der Waals surface area contributed by atoms with Gasteiger partial charge in [-0.3, -0.25) is 4.79 Å². The topological polar surface area (TPSA) is 87.4 Å². The molecule has 8 heteroatoms. The van der Waals surface area contributed by atoms with E-state index in [1.165, 1.54) is 44.9 Å². The number of tetrazole rings is 1. The third-order valence-electron chi connectivity index (χ3n) is 7.34. The highest BCUT2D eigenvalue weighted by Gasteiger charge is 2.46. The summed E-state index contributed by atoms with van der Waals surface area (Å²) in [6, 6.07) is 0.794. The first kappa shape index (κ1) is 18.8. The van der Waals surface area contributed by atoms with Crippen molar-refractivity contribution in [3.8, 4) is 0 Å². The Hall–Kier alpha value is -1.54. The molecule has 1 amide bonds. The summed E-state index contributed by atoms with van der Waals surface area (Å²) in [6.07, 6.45) is 10.8. The lowest BCUT2D eigenvalue weighted by atomic mass is 9.64. The van der Waals surface area contributed by atoms with Crippen LogP contribution in [0.15, 0.2) is 6.33 Å². The Morgan fingerprint density at radius 3 is 2.56 bits per heavy atom. The number of aliphatic hydroxyl groups is 1. The number of rotatable bonds is 5. The van der Waals surface area contributed by atoms with Gasteiger partial charge in [0.15, 0.2) is 0 Å². The smallest absolute Gasteiger partial charge is 0.224 e. The molecule has 1 N–H and O–H groups in total. The summed E-state index contributed by atoms with van der Waals surface area (Å²) < 4.78 is 1.59. The van der Waals surface area contributed by atoms with E-state index in [4.69, 9.17) is 0 Å². The van der Waals surface area contributed by atoms with Crippen molar-refractivity contribution >= 4 is 5.91 Å². The number of hydrogen-bond acceptors (Lipinski definition) is 6. The first-order chi connectivity index (χ1) is 13.2. The lowest BCUT2D eigenvalue weighted by Crippen LogP contribution is -2.55. The SMILES string of the molecule is O=C(CCn1cnnn1)N1CCC2(CCN(C3CCCC3)CC2)[C@@H](CO)C1. The van der Waals surface area contributed by atoms with Crippen LogP contribution >= 0.6 is 0 Å². The molecule has 1 atom stereocenters. The molecule has 0 bridgehead atoms. The molecule has 150 valence electrons. The minimum atomic E-state index is 0.141. The Labute approximate surface area is 160 Å². The van der Waals surface area contributed by atoms with Gasteiger partial charge in [0.2, 0.25) is 5.91 Å². The average Bonchev–Trinajstić information content (AvgIpc) is 3.41. The van der Waals surface area contributed by atoms with Crippen molar-refractivity contribution in [1.82, 2.24) is 30.0 Å². The fourth-order valence-electron chi connectivity index (χ4n) is 5.50. The lowest BCUT2D eigenvalue weighted by Gasteiger charge is -2.52. The molecule has 8 nitrogen and oxygen atoms in total. The third kappa shape index (κ3) is 4.01. The monoisotopic (exact) mass is 376 g/mol. The standard InChI is InChI=1S/C19H32N6O2/c26-14-16-13-24(18(27)5-9-25-15-20-21-22-25)12-8-19(16)6-10-23(11-7-19)17-3-1-2-4-17/h15-17,26H,1-14H2/t16-/m1/s1. The second-order valence-electron chi connectivity index (χ2n) is 8.63. The molecule has 2 aliphatic heterocycles. The van der Waals surface area contributed by atoms with E-state index in [-0.39, 0.29) is 23.8 Å². The number of carbonyl (C=O) groups excluding carboxylic acids is 1. The third-order valence-corrected chi connectivity index (χ3v) is 7.34. The highest BCUT2D eigenvalue weighted by molar-refractivity contribution is 5.76. The van der Waals surface area contributed by atoms with Crippen LogP contribution in [0.2, 0.25) is 0 Å². The van der Waals surface area contributed by atoms with Crippen LogP contribution in [0.5, 0.6) is 0 Å². The van der Waals surface area contributed by atoms with Crippen molar-refractivity contribution < 1.29 is 9.90 Å². The summed E-state index contributed by atoms with van der Waals surface area (Å²) in [5.41, 5.74) is 0.219. The quantitative estimate of drug-likeness (QED) is 0.823. The van der Waals surface area contributed by atoms with Crippen LogP contribution in [0, 0.1) is 11.3 Å². The summed E-state index contributed by atoms with van der Waals surface area (Å²) in [4.78, 5) is 17.2. The van der Waals surface area contributed by atoms with Gasteiger partial charge in [-0.05, 0) is 61.0 Å². The van der Waals surface area contributed by atoms with E-state index in [1.807, 2.05) is 4.90 Å². The van der Waals surface area contributed by atoms with Crippen LogP contribution in [-0.2, 0) is 11.3 Å². The van der Waals surface area contributed by atoms with E-state index in [0.717, 1.165) is 32.1 Å². The van der Waals surface area contributed by atoms with Gasteiger partial charge in [0.05, 0.1) is 6.54 Å². The number of piperidine rings is 2. The summed E-state index contributed by atoms with van der Waals surface area (Å²) in [7, 11) is 0. The lowest BCUT2D eigenvalue weighted by molar-refractivity contribution is -0.138. The molecule has 3 fully saturated rings. The van der Waals surface area contributed by atoms with Crippen molar-refractivity contribution in [2.45, 2.75) is 64.0 Å². The van der Waals surface area contributed by atoms with E-state index in [2.05, 4.69) is 20.4 Å². The average molecular weight is 377 g/mol. The van der Waals surface area contributed by atoms with E-state index in [9.17, 15) is 9.90 Å². The van der Waals surface area contributed by atoms with E-state index in [1.54, 1.807) is 4.68 Å². The Bertz CT molecular complexity index is 608. The van der Waals surface area contributed by atoms with Gasteiger partial charge in [0, 0.05) is 38.1 Å². The maximum Gasteiger partial charge on any atom is 0.224 e. The summed E-state index contributed by atoms with van der Waals surface area (Å²) in [5, 5.41) is 21.1. The van der Waals surface area contributed by atoms with Crippen LogP contribution in [-0.4, -0.2) is 79.8 Å². The molecule has 27 heavy (non-hydrogen) atoms. The highest BCUT2D eigenvalue weighted by Crippen LogP contribution is 2.46. The number of carbonyl (C=O) groups is 1. The molecule has 3 heterocycles. The Balaban J connectivity index is 1.31. The number of aromatic nitrogens is 4. The van der Waals surface area contributed by atoms with Gasteiger partial charge in [-0.1, -0.05) is 12.8 Å². The van der Waals surface area contributed by atoms with Crippen LogP contribution in [0.4, 0.5) is 0 Å². The number of nitrogens with zero attached hydrogens (tertiary/aromatic N) is 6. The van der Waals surface area contributed by atoms with Gasteiger partial charge >= 0.3 is 0 Å². The zero-order valence-electron chi connectivity index (χ0n) is 16.2. The van der Waals surface area contributed by atoms with E-state index < -0.39 is 0 Å². The molecule has 3 aliphatic rings. The van der Waals surface area contributed by atoms with E-state index >= 15 is 0 Å². The number of aryl methyl sites for hydroxylation is 1. The van der Waals surface area contributed by atoms with Gasteiger partial charge in [-0.15, -0.1) is 5.10 Å². The molecule has 0 aromatic carbocycles. The normalized spacial score (nSPS) is 26.7. The predicted molar refractivity (Wildman–Crippen MR) is 99.7 cm³/mol. The predicted octanol–water partition coefficient (Wildman–Crippen LogP) is 0.929. The zero-order chi connectivity index (χ0) is 18.7. The van der Waals surface area contributed by atoms with Crippen molar-refractivity contribution in [1.29, 1.82) is 0 Å². The second kappa shape index (κ2) is 8.22. The zero-order valence-corrected chi connectivity index (χ0v) is 16.2. The van der Waals surface area contributed by atoms with Gasteiger partial charge in [-0.25, -0.2) is 4.68 Å². The fourth-order valence-corrected chi connectivity index (χ4v) is 5.50. The van der Waals surface area contributed by atoms with Crippen molar-refractivity contribution in [3.63, 3.8) is 0 Å². The van der Waals surface area contributed by atoms with Crippen LogP contribution in [0.1, 0.15) is 51.4 Å².